The molecule has 0 aromatic heterocycles. The molecule has 152 valence electrons. The third-order valence-corrected chi connectivity index (χ3v) is 4.88. The zero-order chi connectivity index (χ0) is 20.8. The number of hydrogen-bond acceptors (Lipinski definition) is 4. The quantitative estimate of drug-likeness (QED) is 0.576. The summed E-state index contributed by atoms with van der Waals surface area (Å²) in [7, 11) is 1.85. The van der Waals surface area contributed by atoms with Crippen LogP contribution in [0.4, 0.5) is 10.1 Å². The van der Waals surface area contributed by atoms with Crippen molar-refractivity contribution in [3.8, 4) is 0 Å². The lowest BCUT2D eigenvalue weighted by molar-refractivity contribution is -0.105. The highest BCUT2D eigenvalue weighted by Gasteiger charge is 2.10. The van der Waals surface area contributed by atoms with Crippen LogP contribution < -0.4 is 10.0 Å². The summed E-state index contributed by atoms with van der Waals surface area (Å²) in [6.45, 7) is 2.11. The smallest absolute Gasteiger partial charge is 0.211 e. The zero-order valence-electron chi connectivity index (χ0n) is 15.3. The van der Waals surface area contributed by atoms with Gasteiger partial charge in [-0.2, -0.15) is 4.91 Å². The molecule has 10 heteroatoms. The Balaban J connectivity index is 0.000000213. The fraction of sp³-hybridized carbons (Fsp3) is 0.278. The zero-order valence-corrected chi connectivity index (χ0v) is 16.9. The molecule has 0 radical (unpaired) electrons. The second-order valence-electron chi connectivity index (χ2n) is 5.51. The van der Waals surface area contributed by atoms with Gasteiger partial charge in [0.05, 0.1) is 5.02 Å². The van der Waals surface area contributed by atoms with Gasteiger partial charge in [-0.25, -0.2) is 17.6 Å². The highest BCUT2D eigenvalue weighted by molar-refractivity contribution is 7.80. The van der Waals surface area contributed by atoms with Crippen LogP contribution in [0.25, 0.3) is 0 Å². The lowest BCUT2D eigenvalue weighted by Gasteiger charge is -2.20. The van der Waals surface area contributed by atoms with E-state index < -0.39 is 17.0 Å². The van der Waals surface area contributed by atoms with Crippen LogP contribution >= 0.6 is 11.6 Å². The molecule has 1 aliphatic rings. The standard InChI is InChI=1S/C7H5ClFNO.C7H7NO.C4H10N2OS/c8-6-3-5(10-4-11)1-2-7(6)9;9-8-6-7-4-2-1-3-5-7;1-6-4-2-3-5-8(6)7/h1-4H,(H,10,11);1-5H,6H2;5H,2-4H2,1H3. The van der Waals surface area contributed by atoms with Crippen molar-refractivity contribution in [2.75, 3.05) is 25.5 Å². The van der Waals surface area contributed by atoms with E-state index in [9.17, 15) is 18.3 Å². The number of nitroso groups, excluding NO2 is 1. The van der Waals surface area contributed by atoms with Crippen molar-refractivity contribution in [3.05, 3.63) is 69.8 Å². The molecule has 1 heterocycles. The molecule has 1 aliphatic heterocycles. The maximum absolute atomic E-state index is 12.5. The van der Waals surface area contributed by atoms with E-state index >= 15 is 0 Å². The number of halogens is 2. The molecule has 2 aromatic carbocycles. The molecule has 1 saturated heterocycles. The van der Waals surface area contributed by atoms with E-state index in [1.165, 1.54) is 18.2 Å². The normalized spacial score (nSPS) is 15.9. The molecular formula is C18H22ClFN4O3S. The lowest BCUT2D eigenvalue weighted by Crippen LogP contribution is -2.39. The Morgan fingerprint density at radius 3 is 2.54 bits per heavy atom. The number of amides is 1. The average Bonchev–Trinajstić information content (AvgIpc) is 2.70. The van der Waals surface area contributed by atoms with Crippen molar-refractivity contribution >= 4 is 34.9 Å². The predicted molar refractivity (Wildman–Crippen MR) is 110 cm³/mol. The van der Waals surface area contributed by atoms with Crippen molar-refractivity contribution < 1.29 is 13.4 Å². The van der Waals surface area contributed by atoms with E-state index in [4.69, 9.17) is 11.6 Å². The first-order valence-electron chi connectivity index (χ1n) is 8.32. The summed E-state index contributed by atoms with van der Waals surface area (Å²) in [5.41, 5.74) is 1.44. The second kappa shape index (κ2) is 13.9. The Bertz CT molecular complexity index is 768. The molecule has 2 N–H and O–H groups in total. The molecule has 2 aromatic rings. The SMILES string of the molecule is CN1CCCNS1=O.O=CNc1ccc(F)c(Cl)c1.O=NCc1ccccc1. The number of nitrogens with one attached hydrogen (secondary N) is 2. The average molecular weight is 429 g/mol. The minimum absolute atomic E-state index is 0.00292. The molecule has 28 heavy (non-hydrogen) atoms. The van der Waals surface area contributed by atoms with E-state index in [0.717, 1.165) is 25.1 Å². The molecule has 1 amide bonds. The van der Waals surface area contributed by atoms with Gasteiger partial charge in [0.25, 0.3) is 0 Å². The number of nitrogens with zero attached hydrogens (tertiary/aromatic N) is 2. The molecule has 1 unspecified atom stereocenters. The Kier molecular flexibility index (Phi) is 11.8. The molecule has 3 rings (SSSR count). The van der Waals surface area contributed by atoms with Crippen molar-refractivity contribution in [1.82, 2.24) is 9.03 Å². The highest BCUT2D eigenvalue weighted by Crippen LogP contribution is 2.18. The third-order valence-electron chi connectivity index (χ3n) is 3.39. The largest absolute Gasteiger partial charge is 0.329 e. The topological polar surface area (TPSA) is 90.9 Å². The van der Waals surface area contributed by atoms with Crippen LogP contribution in [0, 0.1) is 10.7 Å². The summed E-state index contributed by atoms with van der Waals surface area (Å²) >= 11 is 4.52. The molecule has 1 atom stereocenters. The molecule has 0 saturated carbocycles. The summed E-state index contributed by atoms with van der Waals surface area (Å²) in [4.78, 5) is 19.6. The molecule has 0 bridgehead atoms. The highest BCUT2D eigenvalue weighted by atomic mass is 35.5. The fourth-order valence-electron chi connectivity index (χ4n) is 1.97. The first-order valence-corrected chi connectivity index (χ1v) is 9.81. The minimum atomic E-state index is -0.902. The number of rotatable bonds is 4. The van der Waals surface area contributed by atoms with Gasteiger partial charge in [-0.15, -0.1) is 0 Å². The monoisotopic (exact) mass is 428 g/mol. The fourth-order valence-corrected chi connectivity index (χ4v) is 2.98. The van der Waals surface area contributed by atoms with Crippen molar-refractivity contribution in [2.24, 2.45) is 5.18 Å². The van der Waals surface area contributed by atoms with Crippen molar-refractivity contribution in [1.29, 1.82) is 0 Å². The molecule has 0 spiro atoms. The van der Waals surface area contributed by atoms with Gasteiger partial charge >= 0.3 is 0 Å². The first-order chi connectivity index (χ1) is 13.5. The lowest BCUT2D eigenvalue weighted by atomic mass is 10.2. The van der Waals surface area contributed by atoms with E-state index in [2.05, 4.69) is 15.2 Å². The Morgan fingerprint density at radius 1 is 1.32 bits per heavy atom. The van der Waals surface area contributed by atoms with Crippen molar-refractivity contribution in [3.63, 3.8) is 0 Å². The summed E-state index contributed by atoms with van der Waals surface area (Å²) in [5.74, 6) is -0.497. The molecule has 1 fully saturated rings. The van der Waals surface area contributed by atoms with Gasteiger partial charge in [-0.3, -0.25) is 4.79 Å². The van der Waals surface area contributed by atoms with Crippen LogP contribution in [0.3, 0.4) is 0 Å². The summed E-state index contributed by atoms with van der Waals surface area (Å²) in [6, 6.07) is 13.4. The van der Waals surface area contributed by atoms with E-state index in [1.807, 2.05) is 37.4 Å². The van der Waals surface area contributed by atoms with Crippen LogP contribution in [-0.2, 0) is 22.5 Å². The maximum Gasteiger partial charge on any atom is 0.211 e. The van der Waals surface area contributed by atoms with Gasteiger partial charge in [0.15, 0.2) is 11.2 Å². The van der Waals surface area contributed by atoms with Crippen molar-refractivity contribution in [2.45, 2.75) is 13.0 Å². The number of carbonyl (C=O) groups is 1. The van der Waals surface area contributed by atoms with E-state index in [0.29, 0.717) is 12.1 Å². The number of benzene rings is 2. The van der Waals surface area contributed by atoms with Crippen LogP contribution in [0.15, 0.2) is 53.7 Å². The number of carbonyl (C=O) groups excluding carboxylic acids is 1. The van der Waals surface area contributed by atoms with Gasteiger partial charge < -0.3 is 5.32 Å². The molecule has 7 nitrogen and oxygen atoms in total. The summed E-state index contributed by atoms with van der Waals surface area (Å²) < 4.78 is 27.8. The summed E-state index contributed by atoms with van der Waals surface area (Å²) in [5, 5.41) is 5.10. The predicted octanol–water partition coefficient (Wildman–Crippen LogP) is 3.49. The van der Waals surface area contributed by atoms with Gasteiger partial charge in [0, 0.05) is 25.8 Å². The maximum atomic E-state index is 12.5. The number of hydrogen-bond donors (Lipinski definition) is 2. The van der Waals surface area contributed by atoms with Gasteiger partial charge in [0.2, 0.25) is 6.41 Å². The Labute approximate surface area is 171 Å². The van der Waals surface area contributed by atoms with Gasteiger partial charge in [0.1, 0.15) is 12.4 Å². The Hall–Kier alpha value is -2.20. The number of anilines is 1. The van der Waals surface area contributed by atoms with Crippen LogP contribution in [0.2, 0.25) is 5.02 Å². The van der Waals surface area contributed by atoms with Gasteiger partial charge in [-0.1, -0.05) is 47.1 Å². The summed E-state index contributed by atoms with van der Waals surface area (Å²) in [6.07, 6.45) is 1.60. The minimum Gasteiger partial charge on any atom is -0.329 e. The van der Waals surface area contributed by atoms with Crippen LogP contribution in [-0.4, -0.2) is 35.1 Å². The Morgan fingerprint density at radius 2 is 2.04 bits per heavy atom. The van der Waals surface area contributed by atoms with E-state index in [-0.39, 0.29) is 11.6 Å². The van der Waals surface area contributed by atoms with Crippen LogP contribution in [0.1, 0.15) is 12.0 Å². The third kappa shape index (κ3) is 9.65. The molecule has 0 aliphatic carbocycles. The molecular weight excluding hydrogens is 407 g/mol. The van der Waals surface area contributed by atoms with Gasteiger partial charge in [-0.05, 0) is 30.2 Å². The van der Waals surface area contributed by atoms with E-state index in [1.54, 1.807) is 4.31 Å². The first kappa shape index (κ1) is 23.8. The van der Waals surface area contributed by atoms with Crippen LogP contribution in [0.5, 0.6) is 0 Å². The second-order valence-corrected chi connectivity index (χ2v) is 7.33.